The van der Waals surface area contributed by atoms with Gasteiger partial charge in [-0.2, -0.15) is 0 Å². The maximum Gasteiger partial charge on any atom is 0.239 e. The summed E-state index contributed by atoms with van der Waals surface area (Å²) in [7, 11) is 0. The summed E-state index contributed by atoms with van der Waals surface area (Å²) < 4.78 is 2.22. The smallest absolute Gasteiger partial charge is 0.239 e. The fourth-order valence-electron chi connectivity index (χ4n) is 5.77. The molecule has 1 aliphatic rings. The molecular weight excluding hydrogens is 522 g/mol. The Kier molecular flexibility index (Phi) is 8.72. The van der Waals surface area contributed by atoms with E-state index in [4.69, 9.17) is 10.2 Å². The number of H-pyrrole nitrogens is 1. The highest BCUT2D eigenvalue weighted by Gasteiger charge is 2.28. The van der Waals surface area contributed by atoms with Crippen LogP contribution in [-0.2, 0) is 37.0 Å². The summed E-state index contributed by atoms with van der Waals surface area (Å²) in [6, 6.07) is 26.9. The van der Waals surface area contributed by atoms with E-state index < -0.39 is 0 Å². The maximum absolute atomic E-state index is 13.6. The molecule has 1 aliphatic heterocycles. The molecule has 1 fully saturated rings. The van der Waals surface area contributed by atoms with Crippen LogP contribution in [0.4, 0.5) is 0 Å². The predicted octanol–water partition coefficient (Wildman–Crippen LogP) is 4.12. The standard InChI is InChI=1S/C34H39N7O/c1-2-24-12-14-26(15-13-24)23-41-32(17-16-25-8-4-3-5-9-25)39-40-33(41)30(38-34(42)31-22-35-18-19-36-31)20-27-21-37-29-11-7-6-10-28(27)29/h3-15,21,30-31,35-37H,2,16-20,22-23H2,1H3,(H,38,42)/t30-,31?/m1/s1. The van der Waals surface area contributed by atoms with E-state index in [0.29, 0.717) is 19.5 Å². The van der Waals surface area contributed by atoms with Crippen LogP contribution in [-0.4, -0.2) is 51.3 Å². The zero-order chi connectivity index (χ0) is 28.7. The number of carbonyl (C=O) groups is 1. The normalized spacial score (nSPS) is 16.0. The van der Waals surface area contributed by atoms with Crippen LogP contribution in [0.1, 0.15) is 46.9 Å². The lowest BCUT2D eigenvalue weighted by Crippen LogP contribution is -2.56. The lowest BCUT2D eigenvalue weighted by Gasteiger charge is -2.27. The Hall–Kier alpha value is -4.27. The molecule has 0 radical (unpaired) electrons. The SMILES string of the molecule is CCc1ccc(Cn2c(CCc3ccccc3)nnc2[C@@H](Cc2c[nH]c3ccccc23)NC(=O)C2CNCCN2)cc1. The molecule has 42 heavy (non-hydrogen) atoms. The quantitative estimate of drug-likeness (QED) is 0.195. The molecule has 1 amide bonds. The van der Waals surface area contributed by atoms with Crippen LogP contribution in [0.3, 0.4) is 0 Å². The molecule has 8 heteroatoms. The Labute approximate surface area is 247 Å². The van der Waals surface area contributed by atoms with Gasteiger partial charge in [0.1, 0.15) is 5.82 Å². The number of aromatic nitrogens is 4. The summed E-state index contributed by atoms with van der Waals surface area (Å²) in [6.07, 6.45) is 5.27. The Balaban J connectivity index is 1.36. The summed E-state index contributed by atoms with van der Waals surface area (Å²) in [5.41, 5.74) is 5.98. The number of para-hydroxylation sites is 1. The first-order chi connectivity index (χ1) is 20.7. The highest BCUT2D eigenvalue weighted by atomic mass is 16.2. The van der Waals surface area contributed by atoms with Crippen molar-refractivity contribution in [3.63, 3.8) is 0 Å². The molecule has 6 rings (SSSR count). The van der Waals surface area contributed by atoms with Gasteiger partial charge in [-0.3, -0.25) is 4.79 Å². The number of piperazine rings is 1. The summed E-state index contributed by atoms with van der Waals surface area (Å²) in [5, 5.41) is 20.7. The molecule has 2 atom stereocenters. The van der Waals surface area contributed by atoms with E-state index in [1.165, 1.54) is 16.7 Å². The summed E-state index contributed by atoms with van der Waals surface area (Å²) >= 11 is 0. The molecule has 1 saturated heterocycles. The van der Waals surface area contributed by atoms with E-state index >= 15 is 0 Å². The van der Waals surface area contributed by atoms with Gasteiger partial charge in [0.15, 0.2) is 5.82 Å². The minimum atomic E-state index is -0.353. The largest absolute Gasteiger partial charge is 0.361 e. The van der Waals surface area contributed by atoms with Gasteiger partial charge in [-0.25, -0.2) is 0 Å². The number of rotatable bonds is 11. The van der Waals surface area contributed by atoms with E-state index in [0.717, 1.165) is 60.5 Å². The Morgan fingerprint density at radius 1 is 0.929 bits per heavy atom. The van der Waals surface area contributed by atoms with Crippen molar-refractivity contribution in [3.8, 4) is 0 Å². The van der Waals surface area contributed by atoms with E-state index in [-0.39, 0.29) is 18.0 Å². The molecule has 5 aromatic rings. The number of amides is 1. The minimum Gasteiger partial charge on any atom is -0.361 e. The Morgan fingerprint density at radius 3 is 2.50 bits per heavy atom. The Morgan fingerprint density at radius 2 is 1.71 bits per heavy atom. The van der Waals surface area contributed by atoms with Crippen molar-refractivity contribution in [1.29, 1.82) is 0 Å². The number of hydrogen-bond acceptors (Lipinski definition) is 5. The number of benzene rings is 3. The maximum atomic E-state index is 13.6. The third kappa shape index (κ3) is 6.45. The fourth-order valence-corrected chi connectivity index (χ4v) is 5.77. The van der Waals surface area contributed by atoms with Gasteiger partial charge < -0.3 is 25.5 Å². The molecule has 0 aliphatic carbocycles. The van der Waals surface area contributed by atoms with Crippen LogP contribution in [0.15, 0.2) is 85.1 Å². The van der Waals surface area contributed by atoms with Crippen LogP contribution in [0.2, 0.25) is 0 Å². The van der Waals surface area contributed by atoms with Gasteiger partial charge in [0.05, 0.1) is 18.6 Å². The van der Waals surface area contributed by atoms with Crippen LogP contribution in [0, 0.1) is 0 Å². The lowest BCUT2D eigenvalue weighted by atomic mass is 10.0. The molecule has 8 nitrogen and oxygen atoms in total. The van der Waals surface area contributed by atoms with Crippen molar-refractivity contribution in [2.24, 2.45) is 0 Å². The topological polar surface area (TPSA) is 99.7 Å². The molecule has 0 saturated carbocycles. The van der Waals surface area contributed by atoms with Crippen molar-refractivity contribution in [2.45, 2.75) is 51.2 Å². The third-order valence-corrected chi connectivity index (χ3v) is 8.19. The van der Waals surface area contributed by atoms with Gasteiger partial charge in [-0.15, -0.1) is 10.2 Å². The molecule has 1 unspecified atom stereocenters. The average Bonchev–Trinajstić information content (AvgIpc) is 3.64. The molecule has 0 spiro atoms. The second-order valence-corrected chi connectivity index (χ2v) is 11.1. The molecule has 3 heterocycles. The highest BCUT2D eigenvalue weighted by molar-refractivity contribution is 5.84. The predicted molar refractivity (Wildman–Crippen MR) is 166 cm³/mol. The number of fused-ring (bicyclic) bond motifs is 1. The molecule has 216 valence electrons. The van der Waals surface area contributed by atoms with E-state index in [1.54, 1.807) is 0 Å². The highest BCUT2D eigenvalue weighted by Crippen LogP contribution is 2.26. The minimum absolute atomic E-state index is 0.0280. The molecular formula is C34H39N7O. The molecule has 4 N–H and O–H groups in total. The van der Waals surface area contributed by atoms with Crippen molar-refractivity contribution in [2.75, 3.05) is 19.6 Å². The Bertz CT molecular complexity index is 1600. The van der Waals surface area contributed by atoms with Gasteiger partial charge in [-0.05, 0) is 41.2 Å². The number of hydrogen-bond donors (Lipinski definition) is 4. The van der Waals surface area contributed by atoms with Crippen molar-refractivity contribution in [1.82, 2.24) is 35.7 Å². The summed E-state index contributed by atoms with van der Waals surface area (Å²) in [4.78, 5) is 16.9. The molecule has 0 bridgehead atoms. The van der Waals surface area contributed by atoms with Gasteiger partial charge in [0.2, 0.25) is 5.91 Å². The van der Waals surface area contributed by atoms with Crippen LogP contribution < -0.4 is 16.0 Å². The van der Waals surface area contributed by atoms with E-state index in [2.05, 4.69) is 99.2 Å². The first-order valence-electron chi connectivity index (χ1n) is 15.0. The summed E-state index contributed by atoms with van der Waals surface area (Å²) in [6.45, 7) is 5.03. The van der Waals surface area contributed by atoms with E-state index in [9.17, 15) is 4.79 Å². The molecule has 2 aromatic heterocycles. The van der Waals surface area contributed by atoms with Gasteiger partial charge >= 0.3 is 0 Å². The number of carbonyl (C=O) groups excluding carboxylic acids is 1. The van der Waals surface area contributed by atoms with Gasteiger partial charge in [0.25, 0.3) is 0 Å². The van der Waals surface area contributed by atoms with Crippen LogP contribution in [0.25, 0.3) is 10.9 Å². The van der Waals surface area contributed by atoms with Crippen LogP contribution in [0.5, 0.6) is 0 Å². The number of aryl methyl sites for hydroxylation is 3. The first kappa shape index (κ1) is 27.9. The number of nitrogens with zero attached hydrogens (tertiary/aromatic N) is 3. The lowest BCUT2D eigenvalue weighted by molar-refractivity contribution is -0.124. The first-order valence-corrected chi connectivity index (χ1v) is 15.0. The zero-order valence-corrected chi connectivity index (χ0v) is 24.1. The molecule has 3 aromatic carbocycles. The average molecular weight is 562 g/mol. The van der Waals surface area contributed by atoms with E-state index in [1.807, 2.05) is 18.3 Å². The third-order valence-electron chi connectivity index (χ3n) is 8.19. The van der Waals surface area contributed by atoms with Gasteiger partial charge in [0, 0.05) is 49.6 Å². The van der Waals surface area contributed by atoms with Crippen LogP contribution >= 0.6 is 0 Å². The zero-order valence-electron chi connectivity index (χ0n) is 24.1. The number of aromatic amines is 1. The fraction of sp³-hybridized carbons (Fsp3) is 0.324. The second kappa shape index (κ2) is 13.1. The van der Waals surface area contributed by atoms with Gasteiger partial charge in [-0.1, -0.05) is 79.7 Å². The summed E-state index contributed by atoms with van der Waals surface area (Å²) in [5.74, 6) is 1.67. The monoisotopic (exact) mass is 561 g/mol. The van der Waals surface area contributed by atoms with Crippen molar-refractivity contribution in [3.05, 3.63) is 119 Å². The van der Waals surface area contributed by atoms with Crippen molar-refractivity contribution < 1.29 is 4.79 Å². The second-order valence-electron chi connectivity index (χ2n) is 11.1. The van der Waals surface area contributed by atoms with Crippen molar-refractivity contribution >= 4 is 16.8 Å². The number of nitrogens with one attached hydrogen (secondary N) is 4.